The standard InChI is InChI=1S/C13H19N7O/c1-10-11(7-16-20(10)4-2-3-14)13(21)18-5-6-19-9-15-17-12(19)8-18/h7,9H,2-6,8,14H2,1H3. The summed E-state index contributed by atoms with van der Waals surface area (Å²) in [7, 11) is 0. The molecule has 2 N–H and O–H groups in total. The Morgan fingerprint density at radius 2 is 2.29 bits per heavy atom. The number of fused-ring (bicyclic) bond motifs is 1. The largest absolute Gasteiger partial charge is 0.330 e. The summed E-state index contributed by atoms with van der Waals surface area (Å²) in [6.45, 7) is 5.16. The fraction of sp³-hybridized carbons (Fsp3) is 0.538. The number of carbonyl (C=O) groups excluding carboxylic acids is 1. The third-order valence-electron chi connectivity index (χ3n) is 3.83. The summed E-state index contributed by atoms with van der Waals surface area (Å²) in [5.74, 6) is 0.823. The van der Waals surface area contributed by atoms with Crippen LogP contribution in [0.4, 0.5) is 0 Å². The Morgan fingerprint density at radius 3 is 3.10 bits per heavy atom. The van der Waals surface area contributed by atoms with Crippen LogP contribution >= 0.6 is 0 Å². The van der Waals surface area contributed by atoms with Crippen LogP contribution in [0.2, 0.25) is 0 Å². The lowest BCUT2D eigenvalue weighted by Crippen LogP contribution is -2.38. The molecule has 0 atom stereocenters. The van der Waals surface area contributed by atoms with Crippen LogP contribution in [0.3, 0.4) is 0 Å². The van der Waals surface area contributed by atoms with Crippen molar-refractivity contribution in [1.82, 2.24) is 29.4 Å². The molecule has 0 fully saturated rings. The van der Waals surface area contributed by atoms with Gasteiger partial charge in [-0.05, 0) is 19.9 Å². The zero-order chi connectivity index (χ0) is 14.8. The van der Waals surface area contributed by atoms with Gasteiger partial charge in [0.2, 0.25) is 0 Å². The molecule has 0 aliphatic carbocycles. The van der Waals surface area contributed by atoms with Crippen molar-refractivity contribution in [2.75, 3.05) is 13.1 Å². The van der Waals surface area contributed by atoms with Gasteiger partial charge in [-0.1, -0.05) is 0 Å². The number of aryl methyl sites for hydroxylation is 1. The zero-order valence-corrected chi connectivity index (χ0v) is 12.1. The fourth-order valence-corrected chi connectivity index (χ4v) is 2.53. The minimum Gasteiger partial charge on any atom is -0.330 e. The lowest BCUT2D eigenvalue weighted by molar-refractivity contribution is 0.0706. The van der Waals surface area contributed by atoms with Gasteiger partial charge in [0.05, 0.1) is 18.3 Å². The van der Waals surface area contributed by atoms with Crippen LogP contribution in [-0.2, 0) is 19.6 Å². The number of amides is 1. The number of rotatable bonds is 4. The van der Waals surface area contributed by atoms with Crippen molar-refractivity contribution in [2.24, 2.45) is 5.73 Å². The van der Waals surface area contributed by atoms with E-state index in [4.69, 9.17) is 5.73 Å². The van der Waals surface area contributed by atoms with Crippen LogP contribution in [0.15, 0.2) is 12.5 Å². The maximum atomic E-state index is 12.6. The van der Waals surface area contributed by atoms with Gasteiger partial charge in [-0.3, -0.25) is 9.48 Å². The monoisotopic (exact) mass is 289 g/mol. The molecule has 2 aromatic heterocycles. The summed E-state index contributed by atoms with van der Waals surface area (Å²) in [6.07, 6.45) is 4.20. The average Bonchev–Trinajstić information content (AvgIpc) is 3.10. The van der Waals surface area contributed by atoms with Crippen LogP contribution in [0.1, 0.15) is 28.3 Å². The lowest BCUT2D eigenvalue weighted by Gasteiger charge is -2.26. The van der Waals surface area contributed by atoms with Crippen molar-refractivity contribution in [3.8, 4) is 0 Å². The van der Waals surface area contributed by atoms with E-state index >= 15 is 0 Å². The number of carbonyl (C=O) groups is 1. The summed E-state index contributed by atoms with van der Waals surface area (Å²) >= 11 is 0. The molecule has 21 heavy (non-hydrogen) atoms. The second-order valence-corrected chi connectivity index (χ2v) is 5.18. The zero-order valence-electron chi connectivity index (χ0n) is 12.1. The van der Waals surface area contributed by atoms with Crippen molar-refractivity contribution in [3.63, 3.8) is 0 Å². The van der Waals surface area contributed by atoms with Crippen LogP contribution in [-0.4, -0.2) is 48.4 Å². The summed E-state index contributed by atoms with van der Waals surface area (Å²) in [5, 5.41) is 12.2. The molecular formula is C13H19N7O. The van der Waals surface area contributed by atoms with Gasteiger partial charge in [-0.2, -0.15) is 5.10 Å². The van der Waals surface area contributed by atoms with Crippen LogP contribution in [0.25, 0.3) is 0 Å². The first-order valence-electron chi connectivity index (χ1n) is 7.09. The Bertz CT molecular complexity index is 645. The number of hydrogen-bond donors (Lipinski definition) is 1. The highest BCUT2D eigenvalue weighted by Gasteiger charge is 2.25. The SMILES string of the molecule is Cc1c(C(=O)N2CCn3cnnc3C2)cnn1CCCN. The molecule has 3 heterocycles. The van der Waals surface area contributed by atoms with Gasteiger partial charge < -0.3 is 15.2 Å². The van der Waals surface area contributed by atoms with E-state index in [9.17, 15) is 4.79 Å². The number of nitrogens with zero attached hydrogens (tertiary/aromatic N) is 6. The average molecular weight is 289 g/mol. The van der Waals surface area contributed by atoms with E-state index in [0.717, 1.165) is 31.0 Å². The Balaban J connectivity index is 1.75. The van der Waals surface area contributed by atoms with Crippen LogP contribution in [0, 0.1) is 6.92 Å². The van der Waals surface area contributed by atoms with Crippen molar-refractivity contribution in [3.05, 3.63) is 29.6 Å². The van der Waals surface area contributed by atoms with Gasteiger partial charge in [-0.15, -0.1) is 10.2 Å². The van der Waals surface area contributed by atoms with E-state index in [-0.39, 0.29) is 5.91 Å². The van der Waals surface area contributed by atoms with Gasteiger partial charge in [0.1, 0.15) is 6.33 Å². The molecule has 0 aromatic carbocycles. The maximum Gasteiger partial charge on any atom is 0.257 e. The van der Waals surface area contributed by atoms with E-state index in [1.165, 1.54) is 0 Å². The topological polar surface area (TPSA) is 94.9 Å². The summed E-state index contributed by atoms with van der Waals surface area (Å²) in [4.78, 5) is 14.4. The molecule has 8 heteroatoms. The Kier molecular flexibility index (Phi) is 3.70. The first-order chi connectivity index (χ1) is 10.2. The Morgan fingerprint density at radius 1 is 1.43 bits per heavy atom. The molecule has 0 bridgehead atoms. The first kappa shape index (κ1) is 13.7. The molecule has 0 spiro atoms. The normalized spacial score (nSPS) is 14.3. The van der Waals surface area contributed by atoms with Gasteiger partial charge in [0.25, 0.3) is 5.91 Å². The summed E-state index contributed by atoms with van der Waals surface area (Å²) < 4.78 is 3.81. The molecule has 1 amide bonds. The maximum absolute atomic E-state index is 12.6. The molecule has 1 aliphatic heterocycles. The quantitative estimate of drug-likeness (QED) is 0.840. The smallest absolute Gasteiger partial charge is 0.257 e. The third kappa shape index (κ3) is 2.54. The van der Waals surface area contributed by atoms with Gasteiger partial charge in [0, 0.05) is 25.3 Å². The molecule has 3 rings (SSSR count). The molecule has 0 saturated heterocycles. The molecular weight excluding hydrogens is 270 g/mol. The summed E-state index contributed by atoms with van der Waals surface area (Å²) in [5.41, 5.74) is 7.06. The van der Waals surface area contributed by atoms with E-state index in [0.29, 0.717) is 25.2 Å². The highest BCUT2D eigenvalue weighted by molar-refractivity contribution is 5.95. The Hall–Kier alpha value is -2.22. The summed E-state index contributed by atoms with van der Waals surface area (Å²) in [6, 6.07) is 0. The molecule has 2 aromatic rings. The first-order valence-corrected chi connectivity index (χ1v) is 7.09. The lowest BCUT2D eigenvalue weighted by atomic mass is 10.2. The van der Waals surface area contributed by atoms with E-state index in [1.54, 1.807) is 17.4 Å². The number of hydrogen-bond acceptors (Lipinski definition) is 5. The minimum atomic E-state index is 0.000693. The van der Waals surface area contributed by atoms with Crippen molar-refractivity contribution in [1.29, 1.82) is 0 Å². The fourth-order valence-electron chi connectivity index (χ4n) is 2.53. The van der Waals surface area contributed by atoms with E-state index < -0.39 is 0 Å². The molecule has 0 saturated carbocycles. The Labute approximate surface area is 122 Å². The van der Waals surface area contributed by atoms with Gasteiger partial charge >= 0.3 is 0 Å². The highest BCUT2D eigenvalue weighted by atomic mass is 16.2. The molecule has 1 aliphatic rings. The van der Waals surface area contributed by atoms with Crippen molar-refractivity contribution in [2.45, 2.75) is 33.0 Å². The van der Waals surface area contributed by atoms with E-state index in [1.807, 2.05) is 16.2 Å². The van der Waals surface area contributed by atoms with Gasteiger partial charge in [0.15, 0.2) is 5.82 Å². The van der Waals surface area contributed by atoms with Gasteiger partial charge in [-0.25, -0.2) is 0 Å². The van der Waals surface area contributed by atoms with Crippen molar-refractivity contribution >= 4 is 5.91 Å². The van der Waals surface area contributed by atoms with Crippen molar-refractivity contribution < 1.29 is 4.79 Å². The third-order valence-corrected chi connectivity index (χ3v) is 3.83. The second-order valence-electron chi connectivity index (χ2n) is 5.18. The molecule has 112 valence electrons. The van der Waals surface area contributed by atoms with Crippen LogP contribution < -0.4 is 5.73 Å². The molecule has 0 unspecified atom stereocenters. The second kappa shape index (κ2) is 5.65. The molecule has 8 nitrogen and oxygen atoms in total. The molecule has 0 radical (unpaired) electrons. The van der Waals surface area contributed by atoms with Crippen LogP contribution in [0.5, 0.6) is 0 Å². The highest BCUT2D eigenvalue weighted by Crippen LogP contribution is 2.16. The predicted octanol–water partition coefficient (Wildman–Crippen LogP) is -0.212. The van der Waals surface area contributed by atoms with E-state index in [2.05, 4.69) is 15.3 Å². The predicted molar refractivity (Wildman–Crippen MR) is 75.4 cm³/mol. The number of nitrogens with two attached hydrogens (primary N) is 1. The number of aromatic nitrogens is 5. The minimum absolute atomic E-state index is 0.000693.